The van der Waals surface area contributed by atoms with E-state index in [0.717, 1.165) is 13.1 Å². The van der Waals surface area contributed by atoms with Crippen LogP contribution < -0.4 is 5.73 Å². The Morgan fingerprint density at radius 1 is 1.52 bits per heavy atom. The van der Waals surface area contributed by atoms with Crippen LogP contribution >= 0.6 is 0 Å². The van der Waals surface area contributed by atoms with Crippen molar-refractivity contribution in [3.05, 3.63) is 29.8 Å². The van der Waals surface area contributed by atoms with Crippen LogP contribution in [-0.2, 0) is 14.6 Å². The fraction of sp³-hybridized carbons (Fsp3) is 0.500. The third kappa shape index (κ3) is 4.26. The molecule has 0 spiro atoms. The minimum atomic E-state index is -3.37. The Balaban J connectivity index is 2.04. The van der Waals surface area contributed by atoms with Crippen molar-refractivity contribution in [2.45, 2.75) is 17.9 Å². The number of hydrogen-bond acceptors (Lipinski definition) is 5. The van der Waals surface area contributed by atoms with Gasteiger partial charge in [0.2, 0.25) is 0 Å². The Hall–Kier alpha value is -1.44. The van der Waals surface area contributed by atoms with Crippen molar-refractivity contribution in [1.29, 1.82) is 5.41 Å². The second-order valence-corrected chi connectivity index (χ2v) is 7.35. The van der Waals surface area contributed by atoms with Gasteiger partial charge in [0.25, 0.3) is 0 Å². The maximum atomic E-state index is 12.4. The summed E-state index contributed by atoms with van der Waals surface area (Å²) in [6, 6.07) is 6.24. The van der Waals surface area contributed by atoms with E-state index in [-0.39, 0.29) is 22.6 Å². The molecule has 1 unspecified atom stereocenters. The second kappa shape index (κ2) is 6.55. The summed E-state index contributed by atoms with van der Waals surface area (Å²) in [4.78, 5) is 2.32. The first-order valence-corrected chi connectivity index (χ1v) is 8.55. The molecule has 1 fully saturated rings. The van der Waals surface area contributed by atoms with Crippen LogP contribution in [0, 0.1) is 5.41 Å². The minimum Gasteiger partial charge on any atom is -0.384 e. The number of ether oxygens (including phenoxy) is 1. The van der Waals surface area contributed by atoms with Gasteiger partial charge in [-0.05, 0) is 19.1 Å². The molecule has 0 amide bonds. The van der Waals surface area contributed by atoms with Gasteiger partial charge < -0.3 is 10.5 Å². The van der Waals surface area contributed by atoms with E-state index < -0.39 is 9.84 Å². The van der Waals surface area contributed by atoms with Gasteiger partial charge in [-0.2, -0.15) is 0 Å². The molecule has 0 aliphatic carbocycles. The summed E-state index contributed by atoms with van der Waals surface area (Å²) >= 11 is 0. The lowest BCUT2D eigenvalue weighted by Crippen LogP contribution is -2.43. The lowest BCUT2D eigenvalue weighted by atomic mass is 10.2. The Morgan fingerprint density at radius 2 is 2.29 bits per heavy atom. The van der Waals surface area contributed by atoms with Crippen LogP contribution in [0.5, 0.6) is 0 Å². The number of amidine groups is 1. The molecule has 1 aliphatic heterocycles. The molecule has 0 saturated carbocycles. The molecule has 1 aliphatic rings. The zero-order valence-corrected chi connectivity index (χ0v) is 12.9. The molecule has 1 saturated heterocycles. The number of morpholine rings is 1. The van der Waals surface area contributed by atoms with Crippen LogP contribution in [-0.4, -0.2) is 57.3 Å². The quantitative estimate of drug-likeness (QED) is 0.608. The van der Waals surface area contributed by atoms with E-state index in [2.05, 4.69) is 4.90 Å². The summed E-state index contributed by atoms with van der Waals surface area (Å²) in [5.41, 5.74) is 5.83. The monoisotopic (exact) mass is 311 g/mol. The molecule has 7 heteroatoms. The van der Waals surface area contributed by atoms with E-state index >= 15 is 0 Å². The predicted molar refractivity (Wildman–Crippen MR) is 81.4 cm³/mol. The topological polar surface area (TPSA) is 96.5 Å². The van der Waals surface area contributed by atoms with Crippen LogP contribution in [0.3, 0.4) is 0 Å². The Bertz CT molecular complexity index is 616. The molecule has 0 radical (unpaired) electrons. The zero-order valence-electron chi connectivity index (χ0n) is 12.1. The number of nitrogen functional groups attached to an aromatic ring is 1. The molecule has 1 heterocycles. The number of benzene rings is 1. The molecule has 0 aromatic heterocycles. The number of hydrogen-bond donors (Lipinski definition) is 2. The van der Waals surface area contributed by atoms with E-state index in [1.807, 2.05) is 6.92 Å². The summed E-state index contributed by atoms with van der Waals surface area (Å²) in [7, 11) is -3.37. The van der Waals surface area contributed by atoms with Crippen LogP contribution in [0.15, 0.2) is 29.2 Å². The van der Waals surface area contributed by atoms with Crippen LogP contribution in [0.25, 0.3) is 0 Å². The lowest BCUT2D eigenvalue weighted by molar-refractivity contribution is -0.0160. The maximum absolute atomic E-state index is 12.4. The van der Waals surface area contributed by atoms with Crippen molar-refractivity contribution >= 4 is 15.7 Å². The van der Waals surface area contributed by atoms with Crippen molar-refractivity contribution in [3.63, 3.8) is 0 Å². The van der Waals surface area contributed by atoms with Gasteiger partial charge in [0.05, 0.1) is 23.4 Å². The molecule has 1 aromatic carbocycles. The molecule has 116 valence electrons. The number of nitrogens with zero attached hydrogens (tertiary/aromatic N) is 1. The largest absolute Gasteiger partial charge is 0.384 e. The van der Waals surface area contributed by atoms with Crippen LogP contribution in [0.4, 0.5) is 0 Å². The minimum absolute atomic E-state index is 0.0566. The summed E-state index contributed by atoms with van der Waals surface area (Å²) in [5.74, 6) is -0.0739. The molecule has 1 aromatic rings. The number of rotatable bonds is 5. The van der Waals surface area contributed by atoms with Gasteiger partial charge in [-0.3, -0.25) is 10.3 Å². The van der Waals surface area contributed by atoms with Crippen molar-refractivity contribution in [3.8, 4) is 0 Å². The van der Waals surface area contributed by atoms with Gasteiger partial charge in [0, 0.05) is 25.2 Å². The Morgan fingerprint density at radius 3 is 2.95 bits per heavy atom. The molecular formula is C14H21N3O3S. The maximum Gasteiger partial charge on any atom is 0.179 e. The highest BCUT2D eigenvalue weighted by Gasteiger charge is 2.21. The summed E-state index contributed by atoms with van der Waals surface area (Å²) < 4.78 is 30.2. The molecule has 3 N–H and O–H groups in total. The molecule has 2 rings (SSSR count). The van der Waals surface area contributed by atoms with Crippen LogP contribution in [0.1, 0.15) is 12.5 Å². The highest BCUT2D eigenvalue weighted by atomic mass is 32.2. The van der Waals surface area contributed by atoms with Crippen LogP contribution in [0.2, 0.25) is 0 Å². The first-order chi connectivity index (χ1) is 9.88. The molecule has 0 bridgehead atoms. The van der Waals surface area contributed by atoms with Gasteiger partial charge >= 0.3 is 0 Å². The van der Waals surface area contributed by atoms with Gasteiger partial charge in [-0.15, -0.1) is 0 Å². The van der Waals surface area contributed by atoms with E-state index in [4.69, 9.17) is 15.9 Å². The first kappa shape index (κ1) is 15.9. The predicted octanol–water partition coefficient (Wildman–Crippen LogP) is 0.465. The normalized spacial score (nSPS) is 20.3. The summed E-state index contributed by atoms with van der Waals surface area (Å²) in [5, 5.41) is 7.38. The van der Waals surface area contributed by atoms with Gasteiger partial charge in [-0.1, -0.05) is 12.1 Å². The summed E-state index contributed by atoms with van der Waals surface area (Å²) in [6.45, 7) is 4.62. The van der Waals surface area contributed by atoms with E-state index in [9.17, 15) is 8.42 Å². The highest BCUT2D eigenvalue weighted by molar-refractivity contribution is 7.91. The highest BCUT2D eigenvalue weighted by Crippen LogP contribution is 2.14. The third-order valence-corrected chi connectivity index (χ3v) is 5.20. The van der Waals surface area contributed by atoms with E-state index in [1.165, 1.54) is 6.07 Å². The molecule has 21 heavy (non-hydrogen) atoms. The fourth-order valence-corrected chi connectivity index (χ4v) is 3.64. The number of nitrogens with one attached hydrogen (secondary N) is 1. The third-order valence-electron chi connectivity index (χ3n) is 3.51. The van der Waals surface area contributed by atoms with E-state index in [1.54, 1.807) is 18.2 Å². The standard InChI is InChI=1S/C14H21N3O3S/c1-11-10-17(5-7-20-11)6-8-21(18,19)13-4-2-3-12(9-13)14(15)16/h2-4,9,11H,5-8,10H2,1H3,(H3,15,16). The average Bonchev–Trinajstić information content (AvgIpc) is 2.45. The zero-order chi connectivity index (χ0) is 15.5. The average molecular weight is 311 g/mol. The van der Waals surface area contributed by atoms with Crippen molar-refractivity contribution in [2.75, 3.05) is 32.0 Å². The molecular weight excluding hydrogens is 290 g/mol. The van der Waals surface area contributed by atoms with Gasteiger partial charge in [-0.25, -0.2) is 8.42 Å². The Labute approximate surface area is 125 Å². The molecule has 6 nitrogen and oxygen atoms in total. The van der Waals surface area contributed by atoms with Crippen molar-refractivity contribution in [1.82, 2.24) is 4.90 Å². The molecule has 1 atom stereocenters. The smallest absolute Gasteiger partial charge is 0.179 e. The number of sulfone groups is 1. The van der Waals surface area contributed by atoms with Gasteiger partial charge in [0.1, 0.15) is 5.84 Å². The second-order valence-electron chi connectivity index (χ2n) is 5.24. The van der Waals surface area contributed by atoms with Crippen molar-refractivity contribution < 1.29 is 13.2 Å². The fourth-order valence-electron chi connectivity index (χ4n) is 2.32. The first-order valence-electron chi connectivity index (χ1n) is 6.89. The Kier molecular flexibility index (Phi) is 4.97. The van der Waals surface area contributed by atoms with Gasteiger partial charge in [0.15, 0.2) is 9.84 Å². The number of nitrogens with two attached hydrogens (primary N) is 1. The SMILES string of the molecule is CC1CN(CCS(=O)(=O)c2cccc(C(=N)N)c2)CCO1. The lowest BCUT2D eigenvalue weighted by Gasteiger charge is -2.30. The van der Waals surface area contributed by atoms with E-state index in [0.29, 0.717) is 18.7 Å². The van der Waals surface area contributed by atoms with Crippen molar-refractivity contribution in [2.24, 2.45) is 5.73 Å². The summed E-state index contributed by atoms with van der Waals surface area (Å²) in [6.07, 6.45) is 0.141.